The predicted molar refractivity (Wildman–Crippen MR) is 221 cm³/mol. The summed E-state index contributed by atoms with van der Waals surface area (Å²) in [6.45, 7) is 16.0. The van der Waals surface area contributed by atoms with Gasteiger partial charge in [-0.15, -0.1) is 0 Å². The van der Waals surface area contributed by atoms with Crippen LogP contribution in [0.25, 0.3) is 82.1 Å². The molecular formula is C49H33F6N3. The average Bonchev–Trinajstić information content (AvgIpc) is 3.66. The molecule has 0 atom stereocenters. The van der Waals surface area contributed by atoms with Gasteiger partial charge in [-0.25, -0.2) is 4.85 Å². The zero-order valence-electron chi connectivity index (χ0n) is 31.7. The van der Waals surface area contributed by atoms with Crippen molar-refractivity contribution in [3.05, 3.63) is 172 Å². The number of fused-ring (bicyclic) bond motifs is 6. The van der Waals surface area contributed by atoms with Crippen LogP contribution in [0, 0.1) is 34.3 Å². The van der Waals surface area contributed by atoms with Crippen LogP contribution < -0.4 is 0 Å². The Bertz CT molecular complexity index is 3060. The van der Waals surface area contributed by atoms with Crippen molar-refractivity contribution in [3.63, 3.8) is 0 Å². The lowest BCUT2D eigenvalue weighted by molar-refractivity contribution is -0.143. The van der Waals surface area contributed by atoms with E-state index in [2.05, 4.69) is 45.8 Å². The molecule has 2 heterocycles. The van der Waals surface area contributed by atoms with E-state index < -0.39 is 23.5 Å². The van der Waals surface area contributed by atoms with Crippen LogP contribution in [0.1, 0.15) is 33.4 Å². The van der Waals surface area contributed by atoms with Crippen LogP contribution in [-0.2, 0) is 12.4 Å². The van der Waals surface area contributed by atoms with Gasteiger partial charge in [0.2, 0.25) is 0 Å². The molecule has 9 heteroatoms. The molecule has 0 saturated carbocycles. The zero-order chi connectivity index (χ0) is 40.8. The molecule has 0 aliphatic heterocycles. The van der Waals surface area contributed by atoms with E-state index in [-0.39, 0.29) is 17.2 Å². The summed E-state index contributed by atoms with van der Waals surface area (Å²) in [5.41, 5.74) is 7.62. The highest BCUT2D eigenvalue weighted by molar-refractivity contribution is 6.12. The van der Waals surface area contributed by atoms with Gasteiger partial charge in [-0.2, -0.15) is 26.3 Å². The Hall–Kier alpha value is -6.79. The van der Waals surface area contributed by atoms with E-state index in [9.17, 15) is 26.3 Å². The minimum atomic E-state index is -5.02. The first kappa shape index (κ1) is 36.8. The quantitative estimate of drug-likeness (QED) is 0.125. The van der Waals surface area contributed by atoms with E-state index >= 15 is 0 Å². The Balaban J connectivity index is 1.44. The van der Waals surface area contributed by atoms with Crippen LogP contribution in [0.5, 0.6) is 0 Å². The molecule has 0 radical (unpaired) electrons. The Morgan fingerprint density at radius 2 is 0.845 bits per heavy atom. The van der Waals surface area contributed by atoms with Crippen molar-refractivity contribution >= 4 is 49.3 Å². The minimum Gasteiger partial charge on any atom is -0.309 e. The number of alkyl halides is 6. The highest BCUT2D eigenvalue weighted by Gasteiger charge is 2.37. The number of halogens is 6. The molecule has 0 amide bonds. The Labute approximate surface area is 329 Å². The van der Waals surface area contributed by atoms with Gasteiger partial charge in [0.15, 0.2) is 5.69 Å². The summed E-state index contributed by atoms with van der Waals surface area (Å²) in [6, 6.07) is 36.8. The summed E-state index contributed by atoms with van der Waals surface area (Å²) in [6.07, 6.45) is -10.0. The van der Waals surface area contributed by atoms with Crippen molar-refractivity contribution in [2.75, 3.05) is 0 Å². The normalized spacial score (nSPS) is 12.3. The Morgan fingerprint density at radius 1 is 0.414 bits per heavy atom. The first-order valence-corrected chi connectivity index (χ1v) is 18.6. The standard InChI is InChI=1S/C49H33F6N3/c1-27-6-12-36-37-13-7-28(2)19-44(37)57(43(36)18-27)42-17-11-35(56-5)26-41(42)40-16-10-31(32-22-33(48(50,51)52)25-34(23-32)49(53,54)55)24-47(40)58-45-20-29(3)8-14-38(45)39-15-9-30(4)21-46(39)58/h6-26H,1-4H3. The molecule has 9 aromatic rings. The number of nitrogens with zero attached hydrogens (tertiary/aromatic N) is 3. The summed E-state index contributed by atoms with van der Waals surface area (Å²) in [5, 5.41) is 3.93. The maximum Gasteiger partial charge on any atom is 0.416 e. The number of hydrogen-bond donors (Lipinski definition) is 0. The lowest BCUT2D eigenvalue weighted by Crippen LogP contribution is -2.11. The van der Waals surface area contributed by atoms with Crippen molar-refractivity contribution < 1.29 is 26.3 Å². The maximum absolute atomic E-state index is 14.2. The van der Waals surface area contributed by atoms with Crippen molar-refractivity contribution in [2.24, 2.45) is 0 Å². The maximum atomic E-state index is 14.2. The van der Waals surface area contributed by atoms with E-state index in [1.807, 2.05) is 74.7 Å². The molecule has 9 rings (SSSR count). The highest BCUT2D eigenvalue weighted by Crippen LogP contribution is 2.45. The van der Waals surface area contributed by atoms with Crippen LogP contribution in [-0.4, -0.2) is 9.13 Å². The number of rotatable bonds is 4. The molecule has 2 aromatic heterocycles. The van der Waals surface area contributed by atoms with Crippen molar-refractivity contribution in [1.82, 2.24) is 9.13 Å². The fourth-order valence-electron chi connectivity index (χ4n) is 8.25. The predicted octanol–water partition coefficient (Wildman–Crippen LogP) is 15.0. The molecule has 0 saturated heterocycles. The highest BCUT2D eigenvalue weighted by atomic mass is 19.4. The van der Waals surface area contributed by atoms with E-state index in [1.165, 1.54) is 0 Å². The van der Waals surface area contributed by atoms with E-state index in [0.29, 0.717) is 22.5 Å². The molecule has 58 heavy (non-hydrogen) atoms. The second-order valence-corrected chi connectivity index (χ2v) is 15.1. The van der Waals surface area contributed by atoms with Crippen LogP contribution >= 0.6 is 0 Å². The number of benzene rings is 7. The zero-order valence-corrected chi connectivity index (χ0v) is 31.7. The lowest BCUT2D eigenvalue weighted by atomic mass is 9.94. The Morgan fingerprint density at radius 3 is 1.26 bits per heavy atom. The van der Waals surface area contributed by atoms with Gasteiger partial charge in [0.1, 0.15) is 0 Å². The number of aryl methyl sites for hydroxylation is 4. The molecule has 286 valence electrons. The number of aromatic nitrogens is 2. The van der Waals surface area contributed by atoms with Gasteiger partial charge in [-0.3, -0.25) is 0 Å². The largest absolute Gasteiger partial charge is 0.416 e. The first-order chi connectivity index (χ1) is 27.6. The van der Waals surface area contributed by atoms with E-state index in [1.54, 1.807) is 30.3 Å². The van der Waals surface area contributed by atoms with Gasteiger partial charge < -0.3 is 9.13 Å². The second-order valence-electron chi connectivity index (χ2n) is 15.1. The lowest BCUT2D eigenvalue weighted by Gasteiger charge is -2.21. The molecule has 0 aliphatic rings. The monoisotopic (exact) mass is 777 g/mol. The van der Waals surface area contributed by atoms with Gasteiger partial charge in [0.05, 0.1) is 51.1 Å². The second kappa shape index (κ2) is 13.1. The molecule has 0 N–H and O–H groups in total. The third-order valence-corrected chi connectivity index (χ3v) is 11.0. The molecule has 0 bridgehead atoms. The molecule has 0 spiro atoms. The van der Waals surface area contributed by atoms with Crippen LogP contribution in [0.15, 0.2) is 127 Å². The summed E-state index contributed by atoms with van der Waals surface area (Å²) >= 11 is 0. The minimum absolute atomic E-state index is 0.147. The van der Waals surface area contributed by atoms with Gasteiger partial charge in [-0.1, -0.05) is 66.7 Å². The van der Waals surface area contributed by atoms with Gasteiger partial charge in [-0.05, 0) is 127 Å². The van der Waals surface area contributed by atoms with Crippen molar-refractivity contribution in [3.8, 4) is 33.6 Å². The summed E-state index contributed by atoms with van der Waals surface area (Å²) < 4.78 is 89.3. The smallest absolute Gasteiger partial charge is 0.309 e. The first-order valence-electron chi connectivity index (χ1n) is 18.6. The SMILES string of the molecule is [C-]#[N+]c1ccc(-n2c3cc(C)ccc3c3ccc(C)cc32)c(-c2ccc(-c3cc(C(F)(F)F)cc(C(F)(F)F)c3)cc2-n2c3cc(C)ccc3c3ccc(C)cc32)c1. The van der Waals surface area contributed by atoms with Gasteiger partial charge in [0.25, 0.3) is 0 Å². The van der Waals surface area contributed by atoms with Gasteiger partial charge in [0, 0.05) is 27.1 Å². The third kappa shape index (κ3) is 6.08. The molecular weight excluding hydrogens is 745 g/mol. The molecule has 0 unspecified atom stereocenters. The average molecular weight is 778 g/mol. The topological polar surface area (TPSA) is 14.2 Å². The third-order valence-electron chi connectivity index (χ3n) is 11.0. The summed E-state index contributed by atoms with van der Waals surface area (Å²) in [5.74, 6) is 0. The fraction of sp³-hybridized carbons (Fsp3) is 0.122. The van der Waals surface area contributed by atoms with E-state index in [0.717, 1.165) is 83.7 Å². The fourth-order valence-corrected chi connectivity index (χ4v) is 8.25. The molecule has 3 nitrogen and oxygen atoms in total. The summed E-state index contributed by atoms with van der Waals surface area (Å²) in [7, 11) is 0. The molecule has 7 aromatic carbocycles. The van der Waals surface area contributed by atoms with E-state index in [4.69, 9.17) is 6.57 Å². The molecule has 0 fully saturated rings. The van der Waals surface area contributed by atoms with Crippen molar-refractivity contribution in [1.29, 1.82) is 0 Å². The molecule has 0 aliphatic carbocycles. The van der Waals surface area contributed by atoms with Crippen LogP contribution in [0.4, 0.5) is 32.0 Å². The number of hydrogen-bond acceptors (Lipinski definition) is 0. The van der Waals surface area contributed by atoms with Crippen LogP contribution in [0.2, 0.25) is 0 Å². The van der Waals surface area contributed by atoms with Crippen molar-refractivity contribution in [2.45, 2.75) is 40.0 Å². The van der Waals surface area contributed by atoms with Gasteiger partial charge >= 0.3 is 12.4 Å². The van der Waals surface area contributed by atoms with Crippen LogP contribution in [0.3, 0.4) is 0 Å². The summed E-state index contributed by atoms with van der Waals surface area (Å²) in [4.78, 5) is 3.80. The Kier molecular flexibility index (Phi) is 8.34.